The largest absolute Gasteiger partial charge is 0.339 e. The first-order valence-corrected chi connectivity index (χ1v) is 11.8. The molecule has 3 heterocycles. The zero-order chi connectivity index (χ0) is 23.2. The molecule has 0 saturated heterocycles. The Morgan fingerprint density at radius 2 is 1.71 bits per heavy atom. The number of thioether (sulfide) groups is 1. The van der Waals surface area contributed by atoms with Gasteiger partial charge in [-0.25, -0.2) is 4.39 Å². The van der Waals surface area contributed by atoms with Crippen LogP contribution in [0.15, 0.2) is 88.8 Å². The van der Waals surface area contributed by atoms with E-state index in [9.17, 15) is 4.39 Å². The molecular formula is C25H21FN6OS. The quantitative estimate of drug-likeness (QED) is 0.213. The van der Waals surface area contributed by atoms with Gasteiger partial charge in [-0.1, -0.05) is 59.4 Å². The van der Waals surface area contributed by atoms with Crippen LogP contribution in [-0.2, 0) is 13.0 Å². The molecule has 34 heavy (non-hydrogen) atoms. The first kappa shape index (κ1) is 22.0. The Kier molecular flexibility index (Phi) is 6.71. The lowest BCUT2D eigenvalue weighted by molar-refractivity contribution is 0.378. The third-order valence-corrected chi connectivity index (χ3v) is 6.24. The van der Waals surface area contributed by atoms with Crippen LogP contribution in [0.2, 0.25) is 0 Å². The van der Waals surface area contributed by atoms with Gasteiger partial charge < -0.3 is 4.52 Å². The van der Waals surface area contributed by atoms with Crippen molar-refractivity contribution in [1.82, 2.24) is 29.9 Å². The van der Waals surface area contributed by atoms with Crippen LogP contribution < -0.4 is 0 Å². The fraction of sp³-hybridized carbons (Fsp3) is 0.160. The lowest BCUT2D eigenvalue weighted by atomic mass is 10.2. The highest BCUT2D eigenvalue weighted by Crippen LogP contribution is 2.27. The normalized spacial score (nSPS) is 11.1. The molecule has 0 aliphatic heterocycles. The first-order chi connectivity index (χ1) is 16.8. The zero-order valence-electron chi connectivity index (χ0n) is 18.2. The van der Waals surface area contributed by atoms with Crippen LogP contribution in [0.4, 0.5) is 4.39 Å². The van der Waals surface area contributed by atoms with E-state index in [2.05, 4.69) is 25.3 Å². The molecule has 7 nitrogen and oxygen atoms in total. The predicted molar refractivity (Wildman–Crippen MR) is 128 cm³/mol. The summed E-state index contributed by atoms with van der Waals surface area (Å²) in [6.07, 6.45) is 4.86. The summed E-state index contributed by atoms with van der Waals surface area (Å²) in [7, 11) is 0. The van der Waals surface area contributed by atoms with Gasteiger partial charge in [0.1, 0.15) is 5.82 Å². The van der Waals surface area contributed by atoms with E-state index in [1.54, 1.807) is 42.4 Å². The van der Waals surface area contributed by atoms with Gasteiger partial charge in [0.15, 0.2) is 11.0 Å². The van der Waals surface area contributed by atoms with E-state index in [0.29, 0.717) is 36.1 Å². The molecule has 9 heteroatoms. The summed E-state index contributed by atoms with van der Waals surface area (Å²) in [6, 6.07) is 20.3. The molecule has 0 radical (unpaired) electrons. The Morgan fingerprint density at radius 3 is 2.53 bits per heavy atom. The molecule has 5 aromatic rings. The lowest BCUT2D eigenvalue weighted by Crippen LogP contribution is -2.05. The fourth-order valence-electron chi connectivity index (χ4n) is 3.51. The van der Waals surface area contributed by atoms with Gasteiger partial charge in [-0.05, 0) is 36.2 Å². The highest BCUT2D eigenvalue weighted by atomic mass is 32.2. The lowest BCUT2D eigenvalue weighted by Gasteiger charge is -2.11. The smallest absolute Gasteiger partial charge is 0.226 e. The Morgan fingerprint density at radius 1 is 0.912 bits per heavy atom. The van der Waals surface area contributed by atoms with Crippen LogP contribution >= 0.6 is 11.8 Å². The molecular weight excluding hydrogens is 451 g/mol. The van der Waals surface area contributed by atoms with Gasteiger partial charge in [0.25, 0.3) is 0 Å². The molecule has 0 fully saturated rings. The maximum atomic E-state index is 14.5. The van der Waals surface area contributed by atoms with E-state index in [-0.39, 0.29) is 5.82 Å². The Labute approximate surface area is 200 Å². The second-order valence-corrected chi connectivity index (χ2v) is 8.62. The molecule has 0 unspecified atom stereocenters. The molecule has 3 aromatic heterocycles. The van der Waals surface area contributed by atoms with Crippen LogP contribution in [-0.4, -0.2) is 35.6 Å². The molecule has 2 aromatic carbocycles. The topological polar surface area (TPSA) is 82.5 Å². The predicted octanol–water partition coefficient (Wildman–Crippen LogP) is 5.30. The third kappa shape index (κ3) is 5.04. The number of hydrogen-bond donors (Lipinski definition) is 0. The van der Waals surface area contributed by atoms with Crippen molar-refractivity contribution in [2.24, 2.45) is 0 Å². The van der Waals surface area contributed by atoms with E-state index in [0.717, 1.165) is 28.5 Å². The number of nitrogens with zero attached hydrogens (tertiary/aromatic N) is 6. The first-order valence-electron chi connectivity index (χ1n) is 10.9. The van der Waals surface area contributed by atoms with Crippen molar-refractivity contribution in [3.05, 3.63) is 96.4 Å². The van der Waals surface area contributed by atoms with Gasteiger partial charge >= 0.3 is 0 Å². The van der Waals surface area contributed by atoms with E-state index in [1.165, 1.54) is 6.07 Å². The second-order valence-electron chi connectivity index (χ2n) is 7.56. The number of hydrogen-bond acceptors (Lipinski definition) is 7. The molecule has 0 saturated carbocycles. The number of pyridine rings is 1. The van der Waals surface area contributed by atoms with E-state index < -0.39 is 0 Å². The standard InChI is InChI=1S/C25H21FN6OS/c26-21-10-5-4-9-20(21)24-29-30-25(32(24)17-18-7-2-1-3-8-18)34-16-6-11-22-28-23(31-33-22)19-12-14-27-15-13-19/h1-5,7-10,12-15H,6,11,16-17H2. The molecule has 0 N–H and O–H groups in total. The second kappa shape index (κ2) is 10.4. The van der Waals surface area contributed by atoms with Crippen molar-refractivity contribution in [2.45, 2.75) is 24.5 Å². The van der Waals surface area contributed by atoms with Crippen LogP contribution in [0.25, 0.3) is 22.8 Å². The minimum absolute atomic E-state index is 0.317. The summed E-state index contributed by atoms with van der Waals surface area (Å²) in [5.41, 5.74) is 2.40. The maximum Gasteiger partial charge on any atom is 0.226 e. The monoisotopic (exact) mass is 472 g/mol. The zero-order valence-corrected chi connectivity index (χ0v) is 19.0. The summed E-state index contributed by atoms with van der Waals surface area (Å²) in [4.78, 5) is 8.47. The van der Waals surface area contributed by atoms with Gasteiger partial charge in [-0.15, -0.1) is 10.2 Å². The van der Waals surface area contributed by atoms with Crippen molar-refractivity contribution >= 4 is 11.8 Å². The average Bonchev–Trinajstić information content (AvgIpc) is 3.51. The molecule has 0 aliphatic rings. The summed E-state index contributed by atoms with van der Waals surface area (Å²) < 4.78 is 21.9. The van der Waals surface area contributed by atoms with Crippen LogP contribution in [0.1, 0.15) is 17.9 Å². The highest BCUT2D eigenvalue weighted by molar-refractivity contribution is 7.99. The third-order valence-electron chi connectivity index (χ3n) is 5.19. The molecule has 0 atom stereocenters. The number of halogens is 1. The number of aromatic nitrogens is 6. The van der Waals surface area contributed by atoms with Crippen LogP contribution in [0, 0.1) is 5.82 Å². The van der Waals surface area contributed by atoms with Gasteiger partial charge in [0.05, 0.1) is 12.1 Å². The van der Waals surface area contributed by atoms with Gasteiger partial charge in [-0.3, -0.25) is 9.55 Å². The summed E-state index contributed by atoms with van der Waals surface area (Å²) in [5, 5.41) is 13.5. The Hall–Kier alpha value is -3.85. The number of benzene rings is 2. The minimum Gasteiger partial charge on any atom is -0.339 e. The van der Waals surface area contributed by atoms with Crippen molar-refractivity contribution < 1.29 is 8.91 Å². The number of rotatable bonds is 9. The van der Waals surface area contributed by atoms with E-state index >= 15 is 0 Å². The molecule has 170 valence electrons. The number of aryl methyl sites for hydroxylation is 1. The summed E-state index contributed by atoms with van der Waals surface area (Å²) in [5.74, 6) is 2.12. The average molecular weight is 473 g/mol. The molecule has 0 spiro atoms. The SMILES string of the molecule is Fc1ccccc1-c1nnc(SCCCc2nc(-c3ccncc3)no2)n1Cc1ccccc1. The van der Waals surface area contributed by atoms with Gasteiger partial charge in [0.2, 0.25) is 11.7 Å². The van der Waals surface area contributed by atoms with Crippen molar-refractivity contribution in [3.63, 3.8) is 0 Å². The molecule has 0 aliphatic carbocycles. The molecule has 0 amide bonds. The van der Waals surface area contributed by atoms with Crippen molar-refractivity contribution in [3.8, 4) is 22.8 Å². The van der Waals surface area contributed by atoms with Gasteiger partial charge in [0, 0.05) is 30.1 Å². The van der Waals surface area contributed by atoms with Gasteiger partial charge in [-0.2, -0.15) is 4.98 Å². The molecule has 0 bridgehead atoms. The van der Waals surface area contributed by atoms with Crippen LogP contribution in [0.3, 0.4) is 0 Å². The highest BCUT2D eigenvalue weighted by Gasteiger charge is 2.17. The Balaban J connectivity index is 1.28. The minimum atomic E-state index is -0.317. The van der Waals surface area contributed by atoms with E-state index in [1.807, 2.05) is 47.0 Å². The van der Waals surface area contributed by atoms with Crippen molar-refractivity contribution in [2.75, 3.05) is 5.75 Å². The summed E-state index contributed by atoms with van der Waals surface area (Å²) >= 11 is 1.58. The maximum absolute atomic E-state index is 14.5. The Bertz CT molecular complexity index is 1360. The molecule has 5 rings (SSSR count). The van der Waals surface area contributed by atoms with E-state index in [4.69, 9.17) is 4.52 Å². The fourth-order valence-corrected chi connectivity index (χ4v) is 4.38. The van der Waals surface area contributed by atoms with Crippen LogP contribution in [0.5, 0.6) is 0 Å². The van der Waals surface area contributed by atoms with Crippen molar-refractivity contribution in [1.29, 1.82) is 0 Å². The summed E-state index contributed by atoms with van der Waals surface area (Å²) in [6.45, 7) is 0.554.